The zero-order valence-corrected chi connectivity index (χ0v) is 19.7. The number of fused-ring (bicyclic) bond motifs is 3. The molecule has 5 heterocycles. The van der Waals surface area contributed by atoms with Gasteiger partial charge in [0.1, 0.15) is 16.5 Å². The first kappa shape index (κ1) is 22.4. The number of nitrogens with one attached hydrogen (secondary N) is 1. The van der Waals surface area contributed by atoms with Crippen LogP contribution >= 0.6 is 11.8 Å². The zero-order chi connectivity index (χ0) is 24.3. The van der Waals surface area contributed by atoms with E-state index >= 15 is 0 Å². The van der Waals surface area contributed by atoms with Gasteiger partial charge in [0.25, 0.3) is 11.5 Å². The van der Waals surface area contributed by atoms with Crippen molar-refractivity contribution >= 4 is 17.3 Å². The van der Waals surface area contributed by atoms with Crippen LogP contribution in [-0.4, -0.2) is 48.6 Å². The number of hydrogen-bond acceptors (Lipinski definition) is 7. The Morgan fingerprint density at radius 3 is 2.77 bits per heavy atom. The van der Waals surface area contributed by atoms with Crippen molar-refractivity contribution in [2.75, 3.05) is 5.75 Å². The third-order valence-electron chi connectivity index (χ3n) is 7.12. The summed E-state index contributed by atoms with van der Waals surface area (Å²) in [5.41, 5.74) is 3.29. The lowest BCUT2D eigenvalue weighted by molar-refractivity contribution is -0.0133. The fourth-order valence-electron chi connectivity index (χ4n) is 5.31. The Balaban J connectivity index is 1.29. The molecule has 2 aromatic heterocycles. The smallest absolute Gasteiger partial charge is 0.264 e. The Hall–Kier alpha value is -3.11. The van der Waals surface area contributed by atoms with E-state index in [1.165, 1.54) is 22.4 Å². The van der Waals surface area contributed by atoms with E-state index in [1.54, 1.807) is 37.5 Å². The van der Waals surface area contributed by atoms with Crippen LogP contribution in [-0.2, 0) is 7.05 Å². The van der Waals surface area contributed by atoms with E-state index in [1.807, 2.05) is 0 Å². The highest BCUT2D eigenvalue weighted by Gasteiger charge is 2.53. The molecular formula is C25H23F2N5O2S. The molecule has 7 nitrogen and oxygen atoms in total. The largest absolute Gasteiger partial charge is 0.507 e. The lowest BCUT2D eigenvalue weighted by atomic mass is 9.84. The number of rotatable bonds is 3. The predicted molar refractivity (Wildman–Crippen MR) is 129 cm³/mol. The molecule has 0 spiro atoms. The number of aromatic hydroxyl groups is 1. The second-order valence-electron chi connectivity index (χ2n) is 9.41. The van der Waals surface area contributed by atoms with E-state index in [0.717, 1.165) is 5.57 Å². The summed E-state index contributed by atoms with van der Waals surface area (Å²) in [5, 5.41) is 23.2. The third-order valence-corrected chi connectivity index (χ3v) is 8.01. The second-order valence-corrected chi connectivity index (χ2v) is 10.4. The highest BCUT2D eigenvalue weighted by Crippen LogP contribution is 2.47. The molecule has 6 rings (SSSR count). The Morgan fingerprint density at radius 1 is 1.17 bits per heavy atom. The van der Waals surface area contributed by atoms with Crippen LogP contribution in [0.2, 0.25) is 0 Å². The first-order valence-electron chi connectivity index (χ1n) is 11.5. The summed E-state index contributed by atoms with van der Waals surface area (Å²) in [4.78, 5) is 16.6. The molecule has 10 heteroatoms. The Kier molecular flexibility index (Phi) is 5.26. The molecule has 2 bridgehead atoms. The van der Waals surface area contributed by atoms with Crippen LogP contribution in [0.5, 0.6) is 5.75 Å². The van der Waals surface area contributed by atoms with Crippen molar-refractivity contribution in [1.82, 2.24) is 25.1 Å². The normalized spacial score (nSPS) is 24.7. The van der Waals surface area contributed by atoms with Crippen molar-refractivity contribution in [3.05, 3.63) is 58.7 Å². The molecule has 0 aliphatic carbocycles. The van der Waals surface area contributed by atoms with Crippen molar-refractivity contribution in [2.24, 2.45) is 13.0 Å². The van der Waals surface area contributed by atoms with Crippen molar-refractivity contribution in [1.29, 1.82) is 0 Å². The van der Waals surface area contributed by atoms with E-state index in [0.29, 0.717) is 51.8 Å². The number of piperidine rings is 1. The number of alkyl halides is 2. The molecule has 35 heavy (non-hydrogen) atoms. The number of halogens is 2. The molecule has 180 valence electrons. The summed E-state index contributed by atoms with van der Waals surface area (Å²) < 4.78 is 29.9. The van der Waals surface area contributed by atoms with Crippen LogP contribution in [0.1, 0.15) is 25.0 Å². The average Bonchev–Trinajstić information content (AvgIpc) is 3.05. The number of nitrogens with zero attached hydrogens (tertiary/aromatic N) is 4. The monoisotopic (exact) mass is 495 g/mol. The first-order valence-corrected chi connectivity index (χ1v) is 12.5. The summed E-state index contributed by atoms with van der Waals surface area (Å²) in [6, 6.07) is 7.42. The summed E-state index contributed by atoms with van der Waals surface area (Å²) in [7, 11) is 1.68. The number of thioether (sulfide) groups is 1. The topological polar surface area (TPSA) is 92.9 Å². The summed E-state index contributed by atoms with van der Waals surface area (Å²) in [5.74, 6) is -1.71. The third kappa shape index (κ3) is 3.94. The molecule has 3 aromatic rings. The summed E-state index contributed by atoms with van der Waals surface area (Å²) in [6.45, 7) is 0. The Labute approximate surface area is 204 Å². The first-order chi connectivity index (χ1) is 16.8. The quantitative estimate of drug-likeness (QED) is 0.570. The van der Waals surface area contributed by atoms with Gasteiger partial charge in [-0.05, 0) is 53.7 Å². The fraction of sp³-hybridized carbons (Fsp3) is 0.360. The van der Waals surface area contributed by atoms with Crippen LogP contribution in [0.4, 0.5) is 8.78 Å². The minimum absolute atomic E-state index is 0.00695. The number of phenolic OH excluding ortho intramolecular Hbond substituents is 1. The van der Waals surface area contributed by atoms with Crippen LogP contribution in [0.15, 0.2) is 52.4 Å². The van der Waals surface area contributed by atoms with Gasteiger partial charge < -0.3 is 15.0 Å². The van der Waals surface area contributed by atoms with Gasteiger partial charge in [0.05, 0.1) is 11.6 Å². The number of hydrogen-bond donors (Lipinski definition) is 2. The lowest BCUT2D eigenvalue weighted by Gasteiger charge is -2.32. The van der Waals surface area contributed by atoms with Gasteiger partial charge in [-0.1, -0.05) is 23.9 Å². The van der Waals surface area contributed by atoms with Crippen LogP contribution in [0, 0.1) is 5.92 Å². The molecule has 0 amide bonds. The summed E-state index contributed by atoms with van der Waals surface area (Å²) in [6.07, 6.45) is 4.65. The molecule has 3 aliphatic heterocycles. The Bertz CT molecular complexity index is 1420. The van der Waals surface area contributed by atoms with E-state index in [9.17, 15) is 18.7 Å². The molecule has 0 saturated carbocycles. The Morgan fingerprint density at radius 2 is 2.00 bits per heavy atom. The van der Waals surface area contributed by atoms with E-state index in [4.69, 9.17) is 0 Å². The minimum atomic E-state index is -2.67. The van der Waals surface area contributed by atoms with Gasteiger partial charge in [0.15, 0.2) is 5.82 Å². The van der Waals surface area contributed by atoms with Crippen LogP contribution < -0.4 is 10.9 Å². The van der Waals surface area contributed by atoms with Gasteiger partial charge in [0, 0.05) is 37.5 Å². The molecule has 3 aliphatic rings. The zero-order valence-electron chi connectivity index (χ0n) is 18.9. The number of pyridine rings is 1. The van der Waals surface area contributed by atoms with Crippen molar-refractivity contribution in [3.8, 4) is 28.3 Å². The predicted octanol–water partition coefficient (Wildman–Crippen LogP) is 3.87. The molecule has 0 radical (unpaired) electrons. The summed E-state index contributed by atoms with van der Waals surface area (Å²) >= 11 is 1.52. The van der Waals surface area contributed by atoms with Gasteiger partial charge in [0.2, 0.25) is 0 Å². The molecular weight excluding hydrogens is 472 g/mol. The van der Waals surface area contributed by atoms with Gasteiger partial charge in [-0.3, -0.25) is 4.79 Å². The maximum Gasteiger partial charge on any atom is 0.264 e. The molecule has 2 saturated heterocycles. The molecule has 3 atom stereocenters. The van der Waals surface area contributed by atoms with E-state index in [2.05, 4.69) is 26.6 Å². The number of allylic oxidation sites excluding steroid dienone is 1. The van der Waals surface area contributed by atoms with E-state index in [-0.39, 0.29) is 29.7 Å². The van der Waals surface area contributed by atoms with Crippen LogP contribution in [0.25, 0.3) is 28.1 Å². The average molecular weight is 496 g/mol. The minimum Gasteiger partial charge on any atom is -0.507 e. The van der Waals surface area contributed by atoms with Crippen molar-refractivity contribution in [2.45, 2.75) is 42.3 Å². The van der Waals surface area contributed by atoms with Gasteiger partial charge >= 0.3 is 0 Å². The SMILES string of the molecule is Cn1ccc(-c2ccc(-c3nnc4c(n3)SCC=C4[C@@H]3C[C@H]4CC(F)(F)[C@H](C3)N4)c(O)c2)cc1=O. The van der Waals surface area contributed by atoms with Gasteiger partial charge in [-0.25, -0.2) is 13.8 Å². The maximum absolute atomic E-state index is 14.2. The molecule has 2 fully saturated rings. The van der Waals surface area contributed by atoms with Crippen molar-refractivity contribution in [3.63, 3.8) is 0 Å². The standard InChI is InChI=1S/C25H23F2N5O2S/c1-32-6-4-14(11-21(32)34)13-2-3-18(19(33)9-13)23-29-24-22(30-31-23)17(5-7-35-24)15-8-16-12-25(26,27)20(10-15)28-16/h2-6,9,11,15-16,20,28,33H,7-8,10,12H2,1H3/t15-,16+,20+/m1/s1. The number of aryl methyl sites for hydroxylation is 1. The molecule has 2 N–H and O–H groups in total. The van der Waals surface area contributed by atoms with Gasteiger partial charge in [-0.15, -0.1) is 10.2 Å². The van der Waals surface area contributed by atoms with Gasteiger partial charge in [-0.2, -0.15) is 0 Å². The number of phenols is 1. The fourth-order valence-corrected chi connectivity index (χ4v) is 6.18. The number of aromatic nitrogens is 4. The van der Waals surface area contributed by atoms with Crippen molar-refractivity contribution < 1.29 is 13.9 Å². The lowest BCUT2D eigenvalue weighted by Crippen LogP contribution is -2.43. The number of benzene rings is 1. The molecule has 0 unspecified atom stereocenters. The highest BCUT2D eigenvalue weighted by molar-refractivity contribution is 7.99. The molecule has 1 aromatic carbocycles. The van der Waals surface area contributed by atoms with Crippen LogP contribution in [0.3, 0.4) is 0 Å². The maximum atomic E-state index is 14.2. The second kappa shape index (κ2) is 8.23. The highest BCUT2D eigenvalue weighted by atomic mass is 32.2. The van der Waals surface area contributed by atoms with E-state index < -0.39 is 12.0 Å².